The SMILES string of the molecule is Cn1nnc2cc(-n3ccnc3-c3ccc(C4CCCO4)s3)ccc21. The Morgan fingerprint density at radius 3 is 3.08 bits per heavy atom. The summed E-state index contributed by atoms with van der Waals surface area (Å²) in [6.45, 7) is 0.866. The molecule has 1 saturated heterocycles. The van der Waals surface area contributed by atoms with Crippen LogP contribution in [0.5, 0.6) is 0 Å². The van der Waals surface area contributed by atoms with Crippen LogP contribution in [0.2, 0.25) is 0 Å². The molecule has 1 aliphatic rings. The lowest BCUT2D eigenvalue weighted by atomic mass is 10.2. The molecule has 0 bridgehead atoms. The summed E-state index contributed by atoms with van der Waals surface area (Å²) in [5.74, 6) is 0.942. The first kappa shape index (κ1) is 14.8. The Morgan fingerprint density at radius 1 is 1.24 bits per heavy atom. The van der Waals surface area contributed by atoms with E-state index in [2.05, 4.69) is 38.1 Å². The molecule has 0 N–H and O–H groups in total. The van der Waals surface area contributed by atoms with Gasteiger partial charge >= 0.3 is 0 Å². The number of rotatable bonds is 3. The van der Waals surface area contributed by atoms with Crippen molar-refractivity contribution in [3.8, 4) is 16.4 Å². The lowest BCUT2D eigenvalue weighted by molar-refractivity contribution is 0.114. The highest BCUT2D eigenvalue weighted by molar-refractivity contribution is 7.15. The fourth-order valence-corrected chi connectivity index (χ4v) is 4.41. The van der Waals surface area contributed by atoms with Crippen LogP contribution in [0.15, 0.2) is 42.7 Å². The Kier molecular flexibility index (Phi) is 3.43. The zero-order valence-electron chi connectivity index (χ0n) is 13.8. The molecular weight excluding hydrogens is 334 g/mol. The van der Waals surface area contributed by atoms with Gasteiger partial charge in [-0.2, -0.15) is 0 Å². The van der Waals surface area contributed by atoms with E-state index < -0.39 is 0 Å². The number of ether oxygens (including phenoxy) is 1. The van der Waals surface area contributed by atoms with Crippen molar-refractivity contribution >= 4 is 22.4 Å². The maximum Gasteiger partial charge on any atom is 0.154 e. The first-order valence-corrected chi connectivity index (χ1v) is 9.16. The number of fused-ring (bicyclic) bond motifs is 1. The maximum atomic E-state index is 5.80. The third kappa shape index (κ3) is 2.47. The molecule has 1 aliphatic heterocycles. The molecule has 25 heavy (non-hydrogen) atoms. The van der Waals surface area contributed by atoms with E-state index in [1.165, 1.54) is 4.88 Å². The largest absolute Gasteiger partial charge is 0.373 e. The summed E-state index contributed by atoms with van der Waals surface area (Å²) >= 11 is 1.76. The van der Waals surface area contributed by atoms with Gasteiger partial charge in [-0.25, -0.2) is 9.67 Å². The molecule has 4 aromatic rings. The highest BCUT2D eigenvalue weighted by atomic mass is 32.1. The van der Waals surface area contributed by atoms with Gasteiger partial charge in [0.05, 0.1) is 16.5 Å². The van der Waals surface area contributed by atoms with Crippen LogP contribution in [0.4, 0.5) is 0 Å². The molecule has 7 heteroatoms. The average molecular weight is 351 g/mol. The smallest absolute Gasteiger partial charge is 0.154 e. The molecule has 1 unspecified atom stereocenters. The van der Waals surface area contributed by atoms with Crippen molar-refractivity contribution in [2.45, 2.75) is 18.9 Å². The predicted octanol–water partition coefficient (Wildman–Crippen LogP) is 3.73. The van der Waals surface area contributed by atoms with Gasteiger partial charge in [-0.15, -0.1) is 16.4 Å². The molecule has 1 atom stereocenters. The van der Waals surface area contributed by atoms with Crippen LogP contribution in [0.1, 0.15) is 23.8 Å². The van der Waals surface area contributed by atoms with Crippen LogP contribution >= 0.6 is 11.3 Å². The van der Waals surface area contributed by atoms with Crippen molar-refractivity contribution in [3.05, 3.63) is 47.6 Å². The number of benzene rings is 1. The maximum absolute atomic E-state index is 5.80. The standard InChI is InChI=1S/C18H17N5OS/c1-22-14-5-4-12(11-13(14)20-21-22)23-9-8-19-18(23)17-7-6-16(25-17)15-3-2-10-24-15/h4-9,11,15H,2-3,10H2,1H3. The van der Waals surface area contributed by atoms with Crippen LogP contribution in [0.3, 0.4) is 0 Å². The van der Waals surface area contributed by atoms with Gasteiger partial charge in [0.1, 0.15) is 5.52 Å². The van der Waals surface area contributed by atoms with Gasteiger partial charge in [0.2, 0.25) is 0 Å². The van der Waals surface area contributed by atoms with Gasteiger partial charge in [-0.1, -0.05) is 5.21 Å². The Balaban J connectivity index is 1.54. The van der Waals surface area contributed by atoms with E-state index in [1.54, 1.807) is 16.0 Å². The second-order valence-electron chi connectivity index (χ2n) is 6.21. The first-order chi connectivity index (χ1) is 12.3. The van der Waals surface area contributed by atoms with Crippen LogP contribution < -0.4 is 0 Å². The summed E-state index contributed by atoms with van der Waals surface area (Å²) in [4.78, 5) is 7.01. The number of thiophene rings is 1. The third-order valence-electron chi connectivity index (χ3n) is 4.61. The van der Waals surface area contributed by atoms with Gasteiger partial charge in [0, 0.05) is 36.6 Å². The lowest BCUT2D eigenvalue weighted by Crippen LogP contribution is -1.95. The predicted molar refractivity (Wildman–Crippen MR) is 96.9 cm³/mol. The Morgan fingerprint density at radius 2 is 2.20 bits per heavy atom. The van der Waals surface area contributed by atoms with Crippen LogP contribution in [0.25, 0.3) is 27.4 Å². The number of hydrogen-bond donors (Lipinski definition) is 0. The quantitative estimate of drug-likeness (QED) is 0.564. The number of aryl methyl sites for hydroxylation is 1. The number of nitrogens with zero attached hydrogens (tertiary/aromatic N) is 5. The third-order valence-corrected chi connectivity index (χ3v) is 5.78. The zero-order chi connectivity index (χ0) is 16.8. The van der Waals surface area contributed by atoms with Crippen molar-refractivity contribution in [1.29, 1.82) is 0 Å². The molecule has 0 spiro atoms. The molecule has 1 fully saturated rings. The number of aromatic nitrogens is 5. The van der Waals surface area contributed by atoms with Gasteiger partial charge in [0.25, 0.3) is 0 Å². The monoisotopic (exact) mass is 351 g/mol. The van der Waals surface area contributed by atoms with Crippen molar-refractivity contribution in [2.75, 3.05) is 6.61 Å². The second kappa shape index (κ2) is 5.79. The lowest BCUT2D eigenvalue weighted by Gasteiger charge is -2.07. The molecule has 0 saturated carbocycles. The van der Waals surface area contributed by atoms with E-state index in [0.717, 1.165) is 46.9 Å². The highest BCUT2D eigenvalue weighted by Crippen LogP contribution is 2.37. The summed E-state index contributed by atoms with van der Waals surface area (Å²) < 4.78 is 9.68. The van der Waals surface area contributed by atoms with Crippen molar-refractivity contribution in [1.82, 2.24) is 24.5 Å². The molecule has 4 heterocycles. The molecule has 0 radical (unpaired) electrons. The normalized spacial score (nSPS) is 17.6. The summed E-state index contributed by atoms with van der Waals surface area (Å²) in [5.41, 5.74) is 2.93. The summed E-state index contributed by atoms with van der Waals surface area (Å²) in [7, 11) is 1.90. The minimum absolute atomic E-state index is 0.248. The fraction of sp³-hybridized carbons (Fsp3) is 0.278. The Hall–Kier alpha value is -2.51. The van der Waals surface area contributed by atoms with Gasteiger partial charge < -0.3 is 4.74 Å². The van der Waals surface area contributed by atoms with Crippen LogP contribution in [0, 0.1) is 0 Å². The molecule has 6 nitrogen and oxygen atoms in total. The summed E-state index contributed by atoms with van der Waals surface area (Å²) in [6, 6.07) is 10.5. The molecule has 3 aromatic heterocycles. The second-order valence-corrected chi connectivity index (χ2v) is 7.33. The molecule has 1 aromatic carbocycles. The Bertz CT molecular complexity index is 1040. The number of imidazole rings is 1. The van der Waals surface area contributed by atoms with E-state index in [-0.39, 0.29) is 6.10 Å². The molecule has 5 rings (SSSR count). The van der Waals surface area contributed by atoms with Crippen molar-refractivity contribution < 1.29 is 4.74 Å². The average Bonchev–Trinajstić information content (AvgIpc) is 3.40. The minimum atomic E-state index is 0.248. The summed E-state index contributed by atoms with van der Waals surface area (Å²) in [6.07, 6.45) is 6.32. The Labute approximate surface area is 148 Å². The van der Waals surface area contributed by atoms with Crippen LogP contribution in [-0.2, 0) is 11.8 Å². The van der Waals surface area contributed by atoms with Crippen LogP contribution in [-0.4, -0.2) is 31.2 Å². The van der Waals surface area contributed by atoms with E-state index >= 15 is 0 Å². The van der Waals surface area contributed by atoms with Gasteiger partial charge in [-0.05, 0) is 43.2 Å². The van der Waals surface area contributed by atoms with Crippen molar-refractivity contribution in [3.63, 3.8) is 0 Å². The van der Waals surface area contributed by atoms with Gasteiger partial charge in [-0.3, -0.25) is 4.57 Å². The number of hydrogen-bond acceptors (Lipinski definition) is 5. The molecule has 0 aliphatic carbocycles. The minimum Gasteiger partial charge on any atom is -0.373 e. The van der Waals surface area contributed by atoms with E-state index in [9.17, 15) is 0 Å². The highest BCUT2D eigenvalue weighted by Gasteiger charge is 2.21. The van der Waals surface area contributed by atoms with Crippen molar-refractivity contribution in [2.24, 2.45) is 7.05 Å². The van der Waals surface area contributed by atoms with E-state index in [0.29, 0.717) is 0 Å². The molecule has 126 valence electrons. The summed E-state index contributed by atoms with van der Waals surface area (Å²) in [5, 5.41) is 8.29. The topological polar surface area (TPSA) is 57.8 Å². The molecule has 0 amide bonds. The zero-order valence-corrected chi connectivity index (χ0v) is 14.6. The first-order valence-electron chi connectivity index (χ1n) is 8.34. The fourth-order valence-electron chi connectivity index (χ4n) is 3.32. The van der Waals surface area contributed by atoms with E-state index in [1.807, 2.05) is 31.6 Å². The molecular formula is C18H17N5OS. The van der Waals surface area contributed by atoms with E-state index in [4.69, 9.17) is 4.74 Å². The van der Waals surface area contributed by atoms with Gasteiger partial charge in [0.15, 0.2) is 5.82 Å².